The van der Waals surface area contributed by atoms with Gasteiger partial charge in [-0.25, -0.2) is 0 Å². The van der Waals surface area contributed by atoms with Gasteiger partial charge in [0.25, 0.3) is 11.8 Å². The van der Waals surface area contributed by atoms with Crippen molar-refractivity contribution in [1.29, 1.82) is 0 Å². The van der Waals surface area contributed by atoms with E-state index >= 15 is 0 Å². The molecule has 0 radical (unpaired) electrons. The highest BCUT2D eigenvalue weighted by Crippen LogP contribution is 2.20. The summed E-state index contributed by atoms with van der Waals surface area (Å²) in [6, 6.07) is 2.97. The van der Waals surface area contributed by atoms with Gasteiger partial charge in [-0.2, -0.15) is 0 Å². The number of hydrogen-bond donors (Lipinski definition) is 4. The number of nitrogens with one attached hydrogen (secondary N) is 2. The lowest BCUT2D eigenvalue weighted by Gasteiger charge is -2.10. The van der Waals surface area contributed by atoms with Gasteiger partial charge in [0.1, 0.15) is 0 Å². The number of carboxylic acid groups (broad SMARTS) is 1. The van der Waals surface area contributed by atoms with Gasteiger partial charge in [-0.05, 0) is 18.2 Å². The van der Waals surface area contributed by atoms with Gasteiger partial charge in [0.15, 0.2) is 0 Å². The summed E-state index contributed by atoms with van der Waals surface area (Å²) in [6.07, 6.45) is -0.504. The maximum atomic E-state index is 11.6. The molecule has 1 aliphatic heterocycles. The Balaban J connectivity index is 2.14. The number of hydrogen-bond acceptors (Lipinski definition) is 5. The van der Waals surface area contributed by atoms with Gasteiger partial charge >= 0.3 is 5.97 Å². The number of carbonyl (C=O) groups excluding carboxylic acids is 3. The second-order valence-corrected chi connectivity index (χ2v) is 4.24. The summed E-state index contributed by atoms with van der Waals surface area (Å²) in [5, 5.41) is 13.1. The average Bonchev–Trinajstić information content (AvgIpc) is 2.64. The van der Waals surface area contributed by atoms with Crippen molar-refractivity contribution in [3.8, 4) is 0 Å². The third-order valence-corrected chi connectivity index (χ3v) is 2.73. The van der Waals surface area contributed by atoms with Crippen molar-refractivity contribution in [1.82, 2.24) is 5.32 Å². The van der Waals surface area contributed by atoms with Crippen LogP contribution in [-0.4, -0.2) is 34.8 Å². The topological polar surface area (TPSA) is 139 Å². The average molecular weight is 277 g/mol. The van der Waals surface area contributed by atoms with E-state index in [0.29, 0.717) is 0 Å². The van der Waals surface area contributed by atoms with E-state index in [0.717, 1.165) is 0 Å². The summed E-state index contributed by atoms with van der Waals surface area (Å²) >= 11 is 0. The molecule has 8 heteroatoms. The number of carbonyl (C=O) groups is 4. The number of anilines is 1. The Bertz CT molecular complexity index is 626. The number of amides is 3. The number of benzene rings is 1. The lowest BCUT2D eigenvalue weighted by atomic mass is 10.1. The van der Waals surface area contributed by atoms with Crippen molar-refractivity contribution in [2.24, 2.45) is 5.73 Å². The summed E-state index contributed by atoms with van der Waals surface area (Å²) < 4.78 is 0. The molecule has 0 aromatic heterocycles. The van der Waals surface area contributed by atoms with Crippen molar-refractivity contribution < 1.29 is 24.3 Å². The molecule has 1 aromatic rings. The molecule has 0 saturated heterocycles. The highest BCUT2D eigenvalue weighted by molar-refractivity contribution is 6.22. The third kappa shape index (κ3) is 2.64. The Morgan fingerprint density at radius 1 is 1.25 bits per heavy atom. The minimum absolute atomic E-state index is 0.152. The van der Waals surface area contributed by atoms with E-state index < -0.39 is 36.2 Å². The molecule has 1 unspecified atom stereocenters. The van der Waals surface area contributed by atoms with Crippen LogP contribution in [0.25, 0.3) is 0 Å². The molecule has 20 heavy (non-hydrogen) atoms. The third-order valence-electron chi connectivity index (χ3n) is 2.73. The van der Waals surface area contributed by atoms with Crippen LogP contribution in [0.3, 0.4) is 0 Å². The molecule has 0 spiro atoms. The van der Waals surface area contributed by atoms with E-state index in [-0.39, 0.29) is 16.8 Å². The molecule has 0 aliphatic carbocycles. The summed E-state index contributed by atoms with van der Waals surface area (Å²) in [7, 11) is 0. The van der Waals surface area contributed by atoms with Crippen LogP contribution < -0.4 is 16.4 Å². The largest absolute Gasteiger partial charge is 0.481 e. The Labute approximate surface area is 112 Å². The molecule has 104 valence electrons. The molecule has 2 rings (SSSR count). The molecular formula is C12H11N3O5. The number of aliphatic carboxylic acids is 1. The van der Waals surface area contributed by atoms with Crippen LogP contribution in [-0.2, 0) is 9.59 Å². The highest BCUT2D eigenvalue weighted by atomic mass is 16.4. The van der Waals surface area contributed by atoms with Crippen LogP contribution in [0.1, 0.15) is 27.1 Å². The lowest BCUT2D eigenvalue weighted by molar-refractivity contribution is -0.138. The fourth-order valence-electron chi connectivity index (χ4n) is 1.76. The lowest BCUT2D eigenvalue weighted by Crippen LogP contribution is -2.37. The van der Waals surface area contributed by atoms with Crippen LogP contribution in [0.5, 0.6) is 0 Å². The predicted octanol–water partition coefficient (Wildman–Crippen LogP) is -0.689. The molecule has 3 amide bonds. The number of nitrogens with two attached hydrogens (primary N) is 1. The van der Waals surface area contributed by atoms with Gasteiger partial charge in [0, 0.05) is 5.69 Å². The zero-order valence-corrected chi connectivity index (χ0v) is 10.2. The van der Waals surface area contributed by atoms with Crippen LogP contribution >= 0.6 is 0 Å². The number of imide groups is 1. The molecule has 0 fully saturated rings. The molecule has 8 nitrogen and oxygen atoms in total. The Morgan fingerprint density at radius 2 is 1.90 bits per heavy atom. The summed E-state index contributed by atoms with van der Waals surface area (Å²) in [5.41, 5.74) is 6.04. The van der Waals surface area contributed by atoms with Crippen LogP contribution in [0, 0.1) is 0 Å². The predicted molar refractivity (Wildman–Crippen MR) is 67.1 cm³/mol. The van der Waals surface area contributed by atoms with E-state index in [1.165, 1.54) is 18.2 Å². The molecular weight excluding hydrogens is 266 g/mol. The van der Waals surface area contributed by atoms with Gasteiger partial charge in [-0.3, -0.25) is 24.5 Å². The number of rotatable bonds is 4. The molecule has 1 aliphatic rings. The van der Waals surface area contributed by atoms with Crippen molar-refractivity contribution in [3.05, 3.63) is 29.3 Å². The highest BCUT2D eigenvalue weighted by Gasteiger charge is 2.27. The Kier molecular flexibility index (Phi) is 3.49. The fourth-order valence-corrected chi connectivity index (χ4v) is 1.76. The van der Waals surface area contributed by atoms with E-state index in [4.69, 9.17) is 10.8 Å². The van der Waals surface area contributed by atoms with Crippen molar-refractivity contribution in [3.63, 3.8) is 0 Å². The molecule has 5 N–H and O–H groups in total. The van der Waals surface area contributed by atoms with Gasteiger partial charge in [0.2, 0.25) is 5.91 Å². The van der Waals surface area contributed by atoms with E-state index in [2.05, 4.69) is 10.6 Å². The van der Waals surface area contributed by atoms with Crippen LogP contribution in [0.4, 0.5) is 5.69 Å². The zero-order valence-electron chi connectivity index (χ0n) is 10.2. The molecule has 1 aromatic carbocycles. The molecule has 1 atom stereocenters. The van der Waals surface area contributed by atoms with Gasteiger partial charge in [-0.1, -0.05) is 0 Å². The molecule has 0 bridgehead atoms. The maximum Gasteiger partial charge on any atom is 0.305 e. The Morgan fingerprint density at radius 3 is 2.55 bits per heavy atom. The second kappa shape index (κ2) is 5.10. The maximum absolute atomic E-state index is 11.6. The van der Waals surface area contributed by atoms with E-state index in [1.54, 1.807) is 0 Å². The number of fused-ring (bicyclic) bond motifs is 1. The first kappa shape index (κ1) is 13.7. The minimum Gasteiger partial charge on any atom is -0.481 e. The minimum atomic E-state index is -1.20. The van der Waals surface area contributed by atoms with E-state index in [1.807, 2.05) is 0 Å². The zero-order chi connectivity index (χ0) is 14.9. The first-order chi connectivity index (χ1) is 9.38. The van der Waals surface area contributed by atoms with Gasteiger partial charge in [-0.15, -0.1) is 0 Å². The second-order valence-electron chi connectivity index (χ2n) is 4.24. The fraction of sp³-hybridized carbons (Fsp3) is 0.167. The van der Waals surface area contributed by atoms with Gasteiger partial charge < -0.3 is 16.2 Å². The summed E-state index contributed by atoms with van der Waals surface area (Å²) in [6.45, 7) is 0. The molecule has 1 heterocycles. The monoisotopic (exact) mass is 277 g/mol. The number of carboxylic acids is 1. The SMILES string of the molecule is NC(CC(=O)O)C(=O)Nc1ccc2c(c1)C(=O)NC2=O. The Hall–Kier alpha value is -2.74. The van der Waals surface area contributed by atoms with Crippen LogP contribution in [0.2, 0.25) is 0 Å². The van der Waals surface area contributed by atoms with Crippen molar-refractivity contribution in [2.45, 2.75) is 12.5 Å². The first-order valence-electron chi connectivity index (χ1n) is 5.66. The quantitative estimate of drug-likeness (QED) is 0.537. The van der Waals surface area contributed by atoms with Gasteiger partial charge in [0.05, 0.1) is 23.6 Å². The summed E-state index contributed by atoms with van der Waals surface area (Å²) in [5.74, 6) is -2.91. The van der Waals surface area contributed by atoms with Crippen molar-refractivity contribution in [2.75, 3.05) is 5.32 Å². The normalized spacial score (nSPS) is 14.4. The molecule has 0 saturated carbocycles. The van der Waals surface area contributed by atoms with E-state index in [9.17, 15) is 19.2 Å². The van der Waals surface area contributed by atoms with Crippen molar-refractivity contribution >= 4 is 29.4 Å². The standard InChI is InChI=1S/C12H11N3O5/c13-8(4-9(16)17)12(20)14-5-1-2-6-7(3-5)11(19)15-10(6)18/h1-3,8H,4,13H2,(H,14,20)(H,16,17)(H,15,18,19). The van der Waals surface area contributed by atoms with Crippen LogP contribution in [0.15, 0.2) is 18.2 Å². The summed E-state index contributed by atoms with van der Waals surface area (Å²) in [4.78, 5) is 44.9. The first-order valence-corrected chi connectivity index (χ1v) is 5.66. The smallest absolute Gasteiger partial charge is 0.305 e.